The fraction of sp³-hybridized carbons (Fsp3) is 0.208. The summed E-state index contributed by atoms with van der Waals surface area (Å²) < 4.78 is 38.7. The second-order valence-electron chi connectivity index (χ2n) is 7.62. The van der Waals surface area contributed by atoms with E-state index in [0.717, 1.165) is 24.6 Å². The van der Waals surface area contributed by atoms with Gasteiger partial charge in [-0.1, -0.05) is 53.6 Å². The second-order valence-corrected chi connectivity index (χ2v) is 8.43. The minimum atomic E-state index is -4.33. The third-order valence-corrected chi connectivity index (χ3v) is 5.94. The zero-order valence-electron chi connectivity index (χ0n) is 16.8. The fourth-order valence-corrected chi connectivity index (χ4v) is 4.15. The number of phenols is 1. The lowest BCUT2D eigenvalue weighted by Gasteiger charge is -2.25. The van der Waals surface area contributed by atoms with E-state index in [1.54, 1.807) is 18.2 Å². The summed E-state index contributed by atoms with van der Waals surface area (Å²) in [7, 11) is 0. The molecule has 0 bridgehead atoms. The average molecular weight is 479 g/mol. The van der Waals surface area contributed by atoms with Crippen molar-refractivity contribution in [3.05, 3.63) is 87.1 Å². The number of halogens is 5. The van der Waals surface area contributed by atoms with Crippen molar-refractivity contribution < 1.29 is 18.3 Å². The number of hydrogen-bond acceptors (Lipinski definition) is 3. The van der Waals surface area contributed by atoms with Gasteiger partial charge in [-0.15, -0.1) is 0 Å². The molecule has 0 spiro atoms. The Hall–Kier alpha value is -2.54. The zero-order valence-corrected chi connectivity index (χ0v) is 18.3. The Bertz CT molecular complexity index is 1220. The first-order valence-corrected chi connectivity index (χ1v) is 10.7. The molecule has 4 rings (SSSR count). The van der Waals surface area contributed by atoms with Crippen LogP contribution in [-0.4, -0.2) is 28.1 Å². The van der Waals surface area contributed by atoms with E-state index in [9.17, 15) is 18.3 Å². The molecule has 1 N–H and O–H groups in total. The van der Waals surface area contributed by atoms with Gasteiger partial charge in [-0.05, 0) is 47.9 Å². The molecule has 0 aliphatic carbocycles. The molecular formula is C24H19Cl2F3N2O. The maximum absolute atomic E-state index is 12.9. The Balaban J connectivity index is 1.43. The Morgan fingerprint density at radius 2 is 1.88 bits per heavy atom. The standard InChI is InChI=1S/C24H19Cl2F3N2O/c25-20-13-21(26)23(32)22-19(20)7-6-18(30-22)5-4-15-8-10-31(11-9-15)14-16-2-1-3-17(12-16)24(27,28)29/h1-8,12-13,32H,9-11,14H2. The van der Waals surface area contributed by atoms with E-state index in [1.165, 1.54) is 18.2 Å². The highest BCUT2D eigenvalue weighted by Crippen LogP contribution is 2.36. The number of allylic oxidation sites excluding steroid dienone is 1. The van der Waals surface area contributed by atoms with Crippen LogP contribution in [0.5, 0.6) is 5.75 Å². The van der Waals surface area contributed by atoms with Crippen LogP contribution in [0.15, 0.2) is 60.2 Å². The summed E-state index contributed by atoms with van der Waals surface area (Å²) in [5, 5.41) is 11.4. The van der Waals surface area contributed by atoms with Crippen molar-refractivity contribution in [1.29, 1.82) is 0 Å². The highest BCUT2D eigenvalue weighted by atomic mass is 35.5. The van der Waals surface area contributed by atoms with E-state index >= 15 is 0 Å². The number of aromatic hydroxyl groups is 1. The van der Waals surface area contributed by atoms with Crippen molar-refractivity contribution in [2.24, 2.45) is 0 Å². The first-order valence-electron chi connectivity index (χ1n) is 9.94. The molecule has 1 aromatic heterocycles. The smallest absolute Gasteiger partial charge is 0.416 e. The van der Waals surface area contributed by atoms with Gasteiger partial charge in [0.25, 0.3) is 0 Å². The highest BCUT2D eigenvalue weighted by Gasteiger charge is 2.30. The summed E-state index contributed by atoms with van der Waals surface area (Å²) in [5.74, 6) is -0.108. The van der Waals surface area contributed by atoms with Crippen LogP contribution in [-0.2, 0) is 12.7 Å². The predicted molar refractivity (Wildman–Crippen MR) is 122 cm³/mol. The Kier molecular flexibility index (Phi) is 6.47. The largest absolute Gasteiger partial charge is 0.504 e. The van der Waals surface area contributed by atoms with Crippen molar-refractivity contribution >= 4 is 40.2 Å². The quantitative estimate of drug-likeness (QED) is 0.433. The maximum atomic E-state index is 12.9. The summed E-state index contributed by atoms with van der Waals surface area (Å²) in [6, 6.07) is 10.5. The molecular weight excluding hydrogens is 460 g/mol. The van der Waals surface area contributed by atoms with Gasteiger partial charge in [-0.25, -0.2) is 4.98 Å². The molecule has 0 atom stereocenters. The van der Waals surface area contributed by atoms with Gasteiger partial charge < -0.3 is 5.11 Å². The van der Waals surface area contributed by atoms with Crippen LogP contribution in [0.25, 0.3) is 17.0 Å². The molecule has 166 valence electrons. The molecule has 3 aromatic rings. The van der Waals surface area contributed by atoms with Gasteiger partial charge in [0.2, 0.25) is 0 Å². The number of nitrogens with zero attached hydrogens (tertiary/aromatic N) is 2. The summed E-state index contributed by atoms with van der Waals surface area (Å²) in [6.07, 6.45) is 2.30. The third kappa shape index (κ3) is 5.09. The van der Waals surface area contributed by atoms with E-state index in [1.807, 2.05) is 12.2 Å². The number of aromatic nitrogens is 1. The van der Waals surface area contributed by atoms with Crippen LogP contribution in [0.4, 0.5) is 13.2 Å². The van der Waals surface area contributed by atoms with Gasteiger partial charge in [0.05, 0.1) is 21.3 Å². The molecule has 2 aromatic carbocycles. The molecule has 0 radical (unpaired) electrons. The van der Waals surface area contributed by atoms with Crippen molar-refractivity contribution in [3.8, 4) is 5.75 Å². The molecule has 0 amide bonds. The summed E-state index contributed by atoms with van der Waals surface area (Å²) in [6.45, 7) is 1.85. The first kappa shape index (κ1) is 22.6. The monoisotopic (exact) mass is 478 g/mol. The maximum Gasteiger partial charge on any atom is 0.416 e. The van der Waals surface area contributed by atoms with Crippen molar-refractivity contribution in [1.82, 2.24) is 9.88 Å². The van der Waals surface area contributed by atoms with Crippen LogP contribution < -0.4 is 0 Å². The van der Waals surface area contributed by atoms with E-state index in [0.29, 0.717) is 40.3 Å². The predicted octanol–water partition coefficient (Wildman–Crippen LogP) is 7.11. The number of hydrogen-bond donors (Lipinski definition) is 1. The molecule has 1 aliphatic rings. The Morgan fingerprint density at radius 3 is 2.59 bits per heavy atom. The van der Waals surface area contributed by atoms with E-state index < -0.39 is 11.7 Å². The van der Waals surface area contributed by atoms with E-state index in [2.05, 4.69) is 16.0 Å². The zero-order chi connectivity index (χ0) is 22.9. The van der Waals surface area contributed by atoms with Gasteiger partial charge in [0.1, 0.15) is 5.52 Å². The van der Waals surface area contributed by atoms with Gasteiger partial charge in [0, 0.05) is 25.0 Å². The molecule has 0 saturated carbocycles. The highest BCUT2D eigenvalue weighted by molar-refractivity contribution is 6.39. The van der Waals surface area contributed by atoms with E-state index in [4.69, 9.17) is 23.2 Å². The fourth-order valence-electron chi connectivity index (χ4n) is 3.63. The number of phenolic OH excluding ortho intramolecular Hbond substituents is 1. The van der Waals surface area contributed by atoms with E-state index in [-0.39, 0.29) is 10.8 Å². The number of benzene rings is 2. The Morgan fingerprint density at radius 1 is 1.06 bits per heavy atom. The van der Waals surface area contributed by atoms with Crippen molar-refractivity contribution in [2.75, 3.05) is 13.1 Å². The lowest BCUT2D eigenvalue weighted by molar-refractivity contribution is -0.137. The molecule has 0 saturated heterocycles. The first-order chi connectivity index (χ1) is 15.2. The van der Waals surface area contributed by atoms with Crippen molar-refractivity contribution in [3.63, 3.8) is 0 Å². The van der Waals surface area contributed by atoms with Gasteiger partial charge >= 0.3 is 6.18 Å². The van der Waals surface area contributed by atoms with Gasteiger partial charge in [-0.2, -0.15) is 13.2 Å². The van der Waals surface area contributed by atoms with Crippen LogP contribution in [0.1, 0.15) is 23.2 Å². The summed E-state index contributed by atoms with van der Waals surface area (Å²) >= 11 is 12.1. The molecule has 8 heteroatoms. The molecule has 32 heavy (non-hydrogen) atoms. The number of rotatable bonds is 4. The van der Waals surface area contributed by atoms with Crippen LogP contribution >= 0.6 is 23.2 Å². The second kappa shape index (κ2) is 9.14. The van der Waals surface area contributed by atoms with Crippen molar-refractivity contribution in [2.45, 2.75) is 19.1 Å². The average Bonchev–Trinajstić information content (AvgIpc) is 2.76. The normalized spacial score (nSPS) is 15.5. The number of pyridine rings is 1. The topological polar surface area (TPSA) is 36.4 Å². The van der Waals surface area contributed by atoms with Crippen LogP contribution in [0.3, 0.4) is 0 Å². The molecule has 0 unspecified atom stereocenters. The lowest BCUT2D eigenvalue weighted by Crippen LogP contribution is -2.28. The van der Waals surface area contributed by atoms with Gasteiger partial charge in [-0.3, -0.25) is 4.90 Å². The molecule has 3 nitrogen and oxygen atoms in total. The van der Waals surface area contributed by atoms with Gasteiger partial charge in [0.15, 0.2) is 5.75 Å². The summed E-state index contributed by atoms with van der Waals surface area (Å²) in [4.78, 5) is 6.54. The summed E-state index contributed by atoms with van der Waals surface area (Å²) in [5.41, 5.74) is 2.13. The molecule has 0 fully saturated rings. The SMILES string of the molecule is Oc1c(Cl)cc(Cl)c2ccc(C=CC3=CCN(Cc4cccc(C(F)(F)F)c4)CC3)nc12. The minimum absolute atomic E-state index is 0.108. The third-order valence-electron chi connectivity index (χ3n) is 5.34. The lowest BCUT2D eigenvalue weighted by atomic mass is 10.1. The number of alkyl halides is 3. The Labute approximate surface area is 193 Å². The minimum Gasteiger partial charge on any atom is -0.504 e. The molecule has 2 heterocycles. The van der Waals surface area contributed by atoms with Crippen LogP contribution in [0.2, 0.25) is 10.0 Å². The number of fused-ring (bicyclic) bond motifs is 1. The van der Waals surface area contributed by atoms with Crippen LogP contribution in [0, 0.1) is 0 Å². The molecule has 1 aliphatic heterocycles.